The molecule has 0 atom stereocenters. The molecule has 1 aliphatic rings. The van der Waals surface area contributed by atoms with Crippen LogP contribution in [0.25, 0.3) is 6.08 Å². The molecular formula is C24H19ClN2O2S. The summed E-state index contributed by atoms with van der Waals surface area (Å²) in [5.74, 6) is -0.402. The third-order valence-corrected chi connectivity index (χ3v) is 6.14. The molecule has 0 spiro atoms. The summed E-state index contributed by atoms with van der Waals surface area (Å²) in [6, 6.07) is 20.7. The van der Waals surface area contributed by atoms with Crippen LogP contribution in [0.4, 0.5) is 5.69 Å². The number of fused-ring (bicyclic) bond motifs is 1. The van der Waals surface area contributed by atoms with Gasteiger partial charge in [0.05, 0.1) is 10.6 Å². The highest BCUT2D eigenvalue weighted by molar-refractivity contribution is 8.04. The predicted molar refractivity (Wildman–Crippen MR) is 123 cm³/mol. The number of halogens is 1. The fourth-order valence-electron chi connectivity index (χ4n) is 3.13. The van der Waals surface area contributed by atoms with Crippen LogP contribution < -0.4 is 10.6 Å². The number of rotatable bonds is 4. The van der Waals surface area contributed by atoms with Gasteiger partial charge in [0.25, 0.3) is 11.8 Å². The van der Waals surface area contributed by atoms with Crippen molar-refractivity contribution in [2.24, 2.45) is 0 Å². The van der Waals surface area contributed by atoms with E-state index in [9.17, 15) is 9.59 Å². The lowest BCUT2D eigenvalue weighted by atomic mass is 10.1. The first-order valence-electron chi connectivity index (χ1n) is 9.43. The summed E-state index contributed by atoms with van der Waals surface area (Å²) >= 11 is 7.54. The van der Waals surface area contributed by atoms with Crippen molar-refractivity contribution in [3.63, 3.8) is 0 Å². The van der Waals surface area contributed by atoms with Gasteiger partial charge in [0, 0.05) is 22.0 Å². The van der Waals surface area contributed by atoms with E-state index in [1.165, 1.54) is 11.8 Å². The van der Waals surface area contributed by atoms with Gasteiger partial charge in [0.15, 0.2) is 0 Å². The zero-order chi connectivity index (χ0) is 21.1. The van der Waals surface area contributed by atoms with Crippen molar-refractivity contribution in [3.05, 3.63) is 98.9 Å². The Kier molecular flexibility index (Phi) is 5.93. The van der Waals surface area contributed by atoms with E-state index in [0.29, 0.717) is 27.7 Å². The topological polar surface area (TPSA) is 58.2 Å². The van der Waals surface area contributed by atoms with Crippen LogP contribution in [0.5, 0.6) is 0 Å². The third-order valence-electron chi connectivity index (χ3n) is 4.67. The molecular weight excluding hydrogens is 416 g/mol. The van der Waals surface area contributed by atoms with E-state index in [2.05, 4.69) is 10.6 Å². The van der Waals surface area contributed by atoms with Crippen molar-refractivity contribution in [2.75, 3.05) is 5.32 Å². The van der Waals surface area contributed by atoms with Gasteiger partial charge in [-0.1, -0.05) is 71.4 Å². The average molecular weight is 435 g/mol. The highest BCUT2D eigenvalue weighted by Crippen LogP contribution is 2.39. The van der Waals surface area contributed by atoms with Crippen molar-refractivity contribution in [3.8, 4) is 0 Å². The lowest BCUT2D eigenvalue weighted by Gasteiger charge is -2.19. The number of aryl methyl sites for hydroxylation is 1. The number of hydrogen-bond donors (Lipinski definition) is 2. The molecule has 2 amide bonds. The average Bonchev–Trinajstić information content (AvgIpc) is 2.73. The van der Waals surface area contributed by atoms with Crippen LogP contribution in [0, 0.1) is 6.92 Å². The van der Waals surface area contributed by atoms with Gasteiger partial charge in [0.1, 0.15) is 0 Å². The number of anilines is 1. The van der Waals surface area contributed by atoms with Crippen LogP contribution in [0.15, 0.2) is 76.5 Å². The largest absolute Gasteiger partial charge is 0.348 e. The Morgan fingerprint density at radius 1 is 1.10 bits per heavy atom. The van der Waals surface area contributed by atoms with E-state index in [4.69, 9.17) is 11.6 Å². The lowest BCUT2D eigenvalue weighted by Crippen LogP contribution is -2.24. The smallest absolute Gasteiger partial charge is 0.262 e. The van der Waals surface area contributed by atoms with Crippen LogP contribution in [0.1, 0.15) is 27.0 Å². The van der Waals surface area contributed by atoms with Crippen LogP contribution in [0.2, 0.25) is 5.02 Å². The van der Waals surface area contributed by atoms with Gasteiger partial charge in [-0.25, -0.2) is 0 Å². The molecule has 2 N–H and O–H groups in total. The van der Waals surface area contributed by atoms with E-state index < -0.39 is 0 Å². The van der Waals surface area contributed by atoms with E-state index in [1.54, 1.807) is 18.2 Å². The zero-order valence-electron chi connectivity index (χ0n) is 16.2. The van der Waals surface area contributed by atoms with Gasteiger partial charge < -0.3 is 10.6 Å². The van der Waals surface area contributed by atoms with Crippen LogP contribution >= 0.6 is 23.4 Å². The second kappa shape index (κ2) is 8.78. The summed E-state index contributed by atoms with van der Waals surface area (Å²) in [7, 11) is 0. The first-order chi connectivity index (χ1) is 14.5. The highest BCUT2D eigenvalue weighted by Gasteiger charge is 2.22. The number of carbonyl (C=O) groups is 2. The van der Waals surface area contributed by atoms with E-state index in [-0.39, 0.29) is 11.8 Å². The molecule has 1 aliphatic heterocycles. The summed E-state index contributed by atoms with van der Waals surface area (Å²) in [5, 5.41) is 6.37. The summed E-state index contributed by atoms with van der Waals surface area (Å²) in [4.78, 5) is 26.6. The van der Waals surface area contributed by atoms with Crippen molar-refractivity contribution >= 4 is 46.9 Å². The molecule has 0 unspecified atom stereocenters. The minimum Gasteiger partial charge on any atom is -0.348 e. The number of thioether (sulfide) groups is 1. The maximum Gasteiger partial charge on any atom is 0.262 e. The number of amides is 2. The Morgan fingerprint density at radius 2 is 1.93 bits per heavy atom. The van der Waals surface area contributed by atoms with Crippen molar-refractivity contribution < 1.29 is 9.59 Å². The van der Waals surface area contributed by atoms with Gasteiger partial charge in [-0.3, -0.25) is 9.59 Å². The minimum absolute atomic E-state index is 0.178. The summed E-state index contributed by atoms with van der Waals surface area (Å²) in [6.45, 7) is 2.35. The molecule has 4 rings (SSSR count). The van der Waals surface area contributed by atoms with Crippen LogP contribution in [-0.4, -0.2) is 11.8 Å². The molecule has 3 aromatic rings. The Bertz CT molecular complexity index is 1170. The van der Waals surface area contributed by atoms with E-state index >= 15 is 0 Å². The van der Waals surface area contributed by atoms with E-state index in [0.717, 1.165) is 21.6 Å². The highest BCUT2D eigenvalue weighted by atomic mass is 35.5. The molecule has 0 saturated heterocycles. The maximum absolute atomic E-state index is 12.6. The minimum atomic E-state index is -0.224. The Hall–Kier alpha value is -3.02. The molecule has 4 nitrogen and oxygen atoms in total. The van der Waals surface area contributed by atoms with Crippen LogP contribution in [-0.2, 0) is 11.3 Å². The molecule has 0 bridgehead atoms. The molecule has 0 aromatic heterocycles. The van der Waals surface area contributed by atoms with Crippen molar-refractivity contribution in [2.45, 2.75) is 18.4 Å². The predicted octanol–water partition coefficient (Wildman–Crippen LogP) is 5.66. The van der Waals surface area contributed by atoms with E-state index in [1.807, 2.05) is 61.5 Å². The molecule has 0 aliphatic carbocycles. The molecule has 3 aromatic carbocycles. The zero-order valence-corrected chi connectivity index (χ0v) is 17.8. The Balaban J connectivity index is 1.49. The van der Waals surface area contributed by atoms with Gasteiger partial charge in [-0.15, -0.1) is 0 Å². The molecule has 30 heavy (non-hydrogen) atoms. The monoisotopic (exact) mass is 434 g/mol. The summed E-state index contributed by atoms with van der Waals surface area (Å²) in [6.07, 6.45) is 1.88. The molecule has 0 saturated carbocycles. The van der Waals surface area contributed by atoms with Gasteiger partial charge in [0.2, 0.25) is 0 Å². The van der Waals surface area contributed by atoms with Crippen LogP contribution in [0.3, 0.4) is 0 Å². The number of nitrogens with one attached hydrogen (secondary N) is 2. The van der Waals surface area contributed by atoms with Crippen molar-refractivity contribution in [1.82, 2.24) is 5.32 Å². The van der Waals surface area contributed by atoms with Gasteiger partial charge in [-0.05, 0) is 48.4 Å². The number of benzene rings is 3. The summed E-state index contributed by atoms with van der Waals surface area (Å²) in [5.41, 5.74) is 4.08. The second-order valence-corrected chi connectivity index (χ2v) is 8.45. The third kappa shape index (κ3) is 4.58. The van der Waals surface area contributed by atoms with Gasteiger partial charge in [-0.2, -0.15) is 0 Å². The first kappa shape index (κ1) is 20.3. The van der Waals surface area contributed by atoms with Gasteiger partial charge >= 0.3 is 0 Å². The second-order valence-electron chi connectivity index (χ2n) is 6.96. The normalized spacial score (nSPS) is 14.2. The lowest BCUT2D eigenvalue weighted by molar-refractivity contribution is -0.112. The molecule has 150 valence electrons. The SMILES string of the molecule is Cc1cccc(C=C2Sc3ccc(C(=O)NCc4ccccc4Cl)cc3NC2=O)c1. The fourth-order valence-corrected chi connectivity index (χ4v) is 4.27. The first-order valence-corrected chi connectivity index (χ1v) is 10.6. The number of hydrogen-bond acceptors (Lipinski definition) is 3. The van der Waals surface area contributed by atoms with Crippen molar-refractivity contribution in [1.29, 1.82) is 0 Å². The fraction of sp³-hybridized carbons (Fsp3) is 0.0833. The molecule has 0 fully saturated rings. The number of carbonyl (C=O) groups excluding carboxylic acids is 2. The summed E-state index contributed by atoms with van der Waals surface area (Å²) < 4.78 is 0. The standard InChI is InChI=1S/C24H19ClN2O2S/c1-15-5-4-6-16(11-15)12-22-24(29)27-20-13-17(9-10-21(20)30-22)23(28)26-14-18-7-2-3-8-19(18)25/h2-13H,14H2,1H3,(H,26,28)(H,27,29). The molecule has 0 radical (unpaired) electrons. The quantitative estimate of drug-likeness (QED) is 0.520. The Morgan fingerprint density at radius 3 is 2.73 bits per heavy atom. The molecule has 6 heteroatoms. The molecule has 1 heterocycles. The maximum atomic E-state index is 12.6. The Labute approximate surface area is 184 Å².